The lowest BCUT2D eigenvalue weighted by atomic mass is 10.0. The van der Waals surface area contributed by atoms with Gasteiger partial charge in [-0.3, -0.25) is 4.79 Å². The molecule has 2 heterocycles. The SMILES string of the molecule is Cc1ccc(C)c(S(=O)(=O)N2CCC[C@@H](c3nnc(C(=O)Nc4ccccc4C)s3)C2)c1. The van der Waals surface area contributed by atoms with Gasteiger partial charge < -0.3 is 5.32 Å². The summed E-state index contributed by atoms with van der Waals surface area (Å²) in [5.41, 5.74) is 3.35. The summed E-state index contributed by atoms with van der Waals surface area (Å²) in [5.74, 6) is -0.389. The van der Waals surface area contributed by atoms with Gasteiger partial charge in [-0.15, -0.1) is 10.2 Å². The van der Waals surface area contributed by atoms with Crippen molar-refractivity contribution in [1.29, 1.82) is 0 Å². The Labute approximate surface area is 192 Å². The third-order valence-corrected chi connectivity index (χ3v) is 8.81. The van der Waals surface area contributed by atoms with Crippen LogP contribution in [0.15, 0.2) is 47.4 Å². The van der Waals surface area contributed by atoms with Crippen LogP contribution in [0.3, 0.4) is 0 Å². The number of piperidine rings is 1. The van der Waals surface area contributed by atoms with Crippen molar-refractivity contribution in [3.63, 3.8) is 0 Å². The summed E-state index contributed by atoms with van der Waals surface area (Å²) in [4.78, 5) is 13.0. The maximum atomic E-state index is 13.3. The van der Waals surface area contributed by atoms with E-state index in [4.69, 9.17) is 0 Å². The zero-order valence-electron chi connectivity index (χ0n) is 18.3. The Balaban J connectivity index is 1.51. The lowest BCUT2D eigenvalue weighted by Gasteiger charge is -2.31. The number of sulfonamides is 1. The van der Waals surface area contributed by atoms with E-state index in [1.165, 1.54) is 15.6 Å². The number of hydrogen-bond acceptors (Lipinski definition) is 6. The van der Waals surface area contributed by atoms with E-state index in [1.807, 2.05) is 57.2 Å². The molecule has 1 fully saturated rings. The monoisotopic (exact) mass is 470 g/mol. The van der Waals surface area contributed by atoms with Gasteiger partial charge in [-0.1, -0.05) is 41.7 Å². The number of aromatic nitrogens is 2. The van der Waals surface area contributed by atoms with Crippen molar-refractivity contribution < 1.29 is 13.2 Å². The molecule has 32 heavy (non-hydrogen) atoms. The van der Waals surface area contributed by atoms with Crippen LogP contribution in [0, 0.1) is 20.8 Å². The number of hydrogen-bond donors (Lipinski definition) is 1. The summed E-state index contributed by atoms with van der Waals surface area (Å²) < 4.78 is 28.2. The number of rotatable bonds is 5. The van der Waals surface area contributed by atoms with E-state index in [9.17, 15) is 13.2 Å². The topological polar surface area (TPSA) is 92.3 Å². The molecular weight excluding hydrogens is 444 g/mol. The molecule has 1 amide bonds. The number of carbonyl (C=O) groups excluding carboxylic acids is 1. The number of benzene rings is 2. The molecule has 1 aliphatic rings. The Hall–Kier alpha value is -2.62. The Morgan fingerprint density at radius 2 is 1.88 bits per heavy atom. The number of carbonyl (C=O) groups is 1. The fraction of sp³-hybridized carbons (Fsp3) is 0.348. The first-order chi connectivity index (χ1) is 15.3. The van der Waals surface area contributed by atoms with Crippen molar-refractivity contribution in [3.05, 3.63) is 69.2 Å². The fourth-order valence-electron chi connectivity index (χ4n) is 3.87. The van der Waals surface area contributed by atoms with Crippen LogP contribution in [0.25, 0.3) is 0 Å². The normalized spacial score (nSPS) is 17.3. The van der Waals surface area contributed by atoms with Crippen LogP contribution < -0.4 is 5.32 Å². The van der Waals surface area contributed by atoms with E-state index in [1.54, 1.807) is 6.07 Å². The fourth-order valence-corrected chi connectivity index (χ4v) is 6.56. The first kappa shape index (κ1) is 22.6. The molecule has 1 aliphatic heterocycles. The largest absolute Gasteiger partial charge is 0.320 e. The van der Waals surface area contributed by atoms with E-state index in [0.29, 0.717) is 23.0 Å². The molecule has 4 rings (SSSR count). The number of nitrogens with zero attached hydrogens (tertiary/aromatic N) is 3. The van der Waals surface area contributed by atoms with Crippen LogP contribution in [-0.2, 0) is 10.0 Å². The van der Waals surface area contributed by atoms with Crippen molar-refractivity contribution >= 4 is 33.0 Å². The van der Waals surface area contributed by atoms with E-state index in [0.717, 1.165) is 35.2 Å². The third kappa shape index (κ3) is 4.60. The molecule has 0 saturated carbocycles. The molecule has 1 saturated heterocycles. The van der Waals surface area contributed by atoms with E-state index in [2.05, 4.69) is 15.5 Å². The van der Waals surface area contributed by atoms with Gasteiger partial charge in [-0.2, -0.15) is 4.31 Å². The highest BCUT2D eigenvalue weighted by atomic mass is 32.2. The molecule has 0 radical (unpaired) electrons. The second-order valence-electron chi connectivity index (χ2n) is 8.19. The first-order valence-corrected chi connectivity index (χ1v) is 12.8. The van der Waals surface area contributed by atoms with Crippen LogP contribution in [0.5, 0.6) is 0 Å². The van der Waals surface area contributed by atoms with Crippen LogP contribution >= 0.6 is 11.3 Å². The van der Waals surface area contributed by atoms with Crippen molar-refractivity contribution in [2.75, 3.05) is 18.4 Å². The number of anilines is 1. The zero-order valence-corrected chi connectivity index (χ0v) is 20.0. The lowest BCUT2D eigenvalue weighted by molar-refractivity contribution is 0.102. The van der Waals surface area contributed by atoms with Crippen molar-refractivity contribution in [2.45, 2.75) is 44.4 Å². The van der Waals surface area contributed by atoms with E-state index in [-0.39, 0.29) is 16.8 Å². The summed E-state index contributed by atoms with van der Waals surface area (Å²) >= 11 is 1.23. The molecule has 1 N–H and O–H groups in total. The van der Waals surface area contributed by atoms with Gasteiger partial charge in [-0.25, -0.2) is 8.42 Å². The molecule has 0 unspecified atom stereocenters. The molecule has 7 nitrogen and oxygen atoms in total. The van der Waals surface area contributed by atoms with Crippen LogP contribution in [0.1, 0.15) is 50.3 Å². The minimum Gasteiger partial charge on any atom is -0.320 e. The highest BCUT2D eigenvalue weighted by molar-refractivity contribution is 7.89. The summed E-state index contributed by atoms with van der Waals surface area (Å²) in [5, 5.41) is 12.2. The summed E-state index contributed by atoms with van der Waals surface area (Å²) in [6.45, 7) is 6.45. The third-order valence-electron chi connectivity index (χ3n) is 5.72. The van der Waals surface area contributed by atoms with Gasteiger partial charge in [0, 0.05) is 24.7 Å². The highest BCUT2D eigenvalue weighted by Gasteiger charge is 2.33. The molecular formula is C23H26N4O3S2. The molecule has 0 aliphatic carbocycles. The number of aryl methyl sites for hydroxylation is 3. The van der Waals surface area contributed by atoms with E-state index < -0.39 is 10.0 Å². The average molecular weight is 471 g/mol. The summed E-state index contributed by atoms with van der Waals surface area (Å²) in [6, 6.07) is 13.0. The Bertz CT molecular complexity index is 1250. The van der Waals surface area contributed by atoms with Gasteiger partial charge in [0.1, 0.15) is 5.01 Å². The highest BCUT2D eigenvalue weighted by Crippen LogP contribution is 2.33. The van der Waals surface area contributed by atoms with Crippen LogP contribution in [0.2, 0.25) is 0 Å². The van der Waals surface area contributed by atoms with Crippen molar-refractivity contribution in [1.82, 2.24) is 14.5 Å². The minimum absolute atomic E-state index is 0.0823. The van der Waals surface area contributed by atoms with Crippen molar-refractivity contribution in [3.8, 4) is 0 Å². The van der Waals surface area contributed by atoms with Crippen LogP contribution in [-0.4, -0.2) is 41.9 Å². The molecule has 1 aromatic heterocycles. The van der Waals surface area contributed by atoms with Gasteiger partial charge in [-0.05, 0) is 62.4 Å². The summed E-state index contributed by atoms with van der Waals surface area (Å²) in [7, 11) is -3.60. The number of amides is 1. The number of para-hydroxylation sites is 1. The lowest BCUT2D eigenvalue weighted by Crippen LogP contribution is -2.39. The average Bonchev–Trinajstić information content (AvgIpc) is 3.27. The Morgan fingerprint density at radius 1 is 1.09 bits per heavy atom. The molecule has 9 heteroatoms. The number of nitrogens with one attached hydrogen (secondary N) is 1. The molecule has 1 atom stereocenters. The second-order valence-corrected chi connectivity index (χ2v) is 11.1. The van der Waals surface area contributed by atoms with Crippen molar-refractivity contribution in [2.24, 2.45) is 0 Å². The summed E-state index contributed by atoms with van der Waals surface area (Å²) in [6.07, 6.45) is 1.55. The standard InChI is InChI=1S/C23H26N4O3S2/c1-15-10-11-17(3)20(13-15)32(29,30)27-12-6-8-18(14-27)22-25-26-23(31-22)21(28)24-19-9-5-4-7-16(19)2/h4-5,7,9-11,13,18H,6,8,12,14H2,1-3H3,(H,24,28)/t18-/m1/s1. The molecule has 2 aromatic carbocycles. The second kappa shape index (κ2) is 9.09. The van der Waals surface area contributed by atoms with Gasteiger partial charge >= 0.3 is 0 Å². The zero-order chi connectivity index (χ0) is 22.9. The smallest absolute Gasteiger partial charge is 0.286 e. The van der Waals surface area contributed by atoms with Gasteiger partial charge in [0.15, 0.2) is 0 Å². The van der Waals surface area contributed by atoms with Crippen LogP contribution in [0.4, 0.5) is 5.69 Å². The molecule has 168 valence electrons. The molecule has 3 aromatic rings. The van der Waals surface area contributed by atoms with Gasteiger partial charge in [0.25, 0.3) is 5.91 Å². The van der Waals surface area contributed by atoms with Gasteiger partial charge in [0.05, 0.1) is 4.90 Å². The maximum absolute atomic E-state index is 13.3. The molecule has 0 bridgehead atoms. The van der Waals surface area contributed by atoms with E-state index >= 15 is 0 Å². The Kier molecular flexibility index (Phi) is 6.41. The maximum Gasteiger partial charge on any atom is 0.286 e. The first-order valence-electron chi connectivity index (χ1n) is 10.5. The Morgan fingerprint density at radius 3 is 2.66 bits per heavy atom. The quantitative estimate of drug-likeness (QED) is 0.601. The predicted molar refractivity (Wildman–Crippen MR) is 126 cm³/mol. The predicted octanol–water partition coefficient (Wildman–Crippen LogP) is 4.28. The minimum atomic E-state index is -3.60. The van der Waals surface area contributed by atoms with Gasteiger partial charge in [0.2, 0.25) is 15.0 Å². The molecule has 0 spiro atoms.